The van der Waals surface area contributed by atoms with Crippen LogP contribution in [0.2, 0.25) is 0 Å². The molecule has 15 heavy (non-hydrogen) atoms. The largest absolute Gasteiger partial charge is 0.343 e. The van der Waals surface area contributed by atoms with Gasteiger partial charge in [0.15, 0.2) is 0 Å². The van der Waals surface area contributed by atoms with E-state index in [9.17, 15) is 9.59 Å². The van der Waals surface area contributed by atoms with Gasteiger partial charge in [0.2, 0.25) is 11.8 Å². The van der Waals surface area contributed by atoms with Gasteiger partial charge in [-0.2, -0.15) is 0 Å². The van der Waals surface area contributed by atoms with Crippen LogP contribution < -0.4 is 5.32 Å². The minimum Gasteiger partial charge on any atom is -0.343 e. The van der Waals surface area contributed by atoms with Gasteiger partial charge in [0, 0.05) is 6.54 Å². The molecule has 2 rings (SSSR count). The second-order valence-corrected chi connectivity index (χ2v) is 5.03. The van der Waals surface area contributed by atoms with Crippen molar-refractivity contribution >= 4 is 11.8 Å². The molecule has 2 fully saturated rings. The van der Waals surface area contributed by atoms with Crippen molar-refractivity contribution in [2.45, 2.75) is 39.2 Å². The summed E-state index contributed by atoms with van der Waals surface area (Å²) in [6.07, 6.45) is 3.03. The lowest BCUT2D eigenvalue weighted by Crippen LogP contribution is -2.58. The van der Waals surface area contributed by atoms with Crippen LogP contribution in [0.5, 0.6) is 0 Å². The molecule has 4 nitrogen and oxygen atoms in total. The van der Waals surface area contributed by atoms with Crippen molar-refractivity contribution in [2.24, 2.45) is 5.41 Å². The Balaban J connectivity index is 2.02. The summed E-state index contributed by atoms with van der Waals surface area (Å²) in [7, 11) is 0. The Bertz CT molecular complexity index is 297. The molecule has 0 radical (unpaired) electrons. The summed E-state index contributed by atoms with van der Waals surface area (Å²) < 4.78 is 0. The van der Waals surface area contributed by atoms with E-state index in [1.807, 2.05) is 6.92 Å². The maximum Gasteiger partial charge on any atom is 0.245 e. The smallest absolute Gasteiger partial charge is 0.245 e. The number of rotatable bonds is 3. The van der Waals surface area contributed by atoms with Gasteiger partial charge in [0.05, 0.1) is 6.54 Å². The van der Waals surface area contributed by atoms with Crippen LogP contribution in [0.25, 0.3) is 0 Å². The highest BCUT2D eigenvalue weighted by atomic mass is 16.2. The SMILES string of the molecule is CCC1NC(=O)CN(CC2(C)CC2)C1=O. The Hall–Kier alpha value is -1.06. The first-order valence-corrected chi connectivity index (χ1v) is 5.62. The first kappa shape index (κ1) is 10.5. The molecule has 0 bridgehead atoms. The monoisotopic (exact) mass is 210 g/mol. The third-order valence-corrected chi connectivity index (χ3v) is 3.36. The molecule has 1 saturated heterocycles. The van der Waals surface area contributed by atoms with E-state index in [0.29, 0.717) is 6.42 Å². The second kappa shape index (κ2) is 3.51. The zero-order chi connectivity index (χ0) is 11.1. The molecule has 4 heteroatoms. The van der Waals surface area contributed by atoms with E-state index in [1.165, 1.54) is 12.8 Å². The standard InChI is InChI=1S/C11H18N2O2/c1-3-8-10(15)13(6-9(14)12-8)7-11(2)4-5-11/h8H,3-7H2,1-2H3,(H,12,14). The van der Waals surface area contributed by atoms with E-state index in [0.717, 1.165) is 6.54 Å². The molecule has 1 saturated carbocycles. The maximum atomic E-state index is 11.9. The van der Waals surface area contributed by atoms with Crippen LogP contribution in [0.4, 0.5) is 0 Å². The highest BCUT2D eigenvalue weighted by Crippen LogP contribution is 2.45. The Labute approximate surface area is 90.0 Å². The molecule has 84 valence electrons. The van der Waals surface area contributed by atoms with Gasteiger partial charge in [-0.05, 0) is 24.7 Å². The highest BCUT2D eigenvalue weighted by molar-refractivity contribution is 5.94. The van der Waals surface area contributed by atoms with Gasteiger partial charge in [-0.3, -0.25) is 9.59 Å². The topological polar surface area (TPSA) is 49.4 Å². The van der Waals surface area contributed by atoms with Crippen molar-refractivity contribution in [1.82, 2.24) is 10.2 Å². The minimum absolute atomic E-state index is 0.0225. The van der Waals surface area contributed by atoms with Crippen molar-refractivity contribution in [1.29, 1.82) is 0 Å². The number of hydrogen-bond donors (Lipinski definition) is 1. The lowest BCUT2D eigenvalue weighted by atomic mass is 10.1. The van der Waals surface area contributed by atoms with Crippen LogP contribution in [0.15, 0.2) is 0 Å². The number of carbonyl (C=O) groups excluding carboxylic acids is 2. The molecule has 1 heterocycles. The van der Waals surface area contributed by atoms with Crippen LogP contribution in [0.1, 0.15) is 33.1 Å². The Kier molecular flexibility index (Phi) is 2.44. The van der Waals surface area contributed by atoms with Gasteiger partial charge in [-0.15, -0.1) is 0 Å². The van der Waals surface area contributed by atoms with E-state index in [1.54, 1.807) is 4.90 Å². The quantitative estimate of drug-likeness (QED) is 0.738. The molecule has 2 amide bonds. The van der Waals surface area contributed by atoms with E-state index in [2.05, 4.69) is 12.2 Å². The molecule has 1 atom stereocenters. The number of carbonyl (C=O) groups is 2. The fourth-order valence-corrected chi connectivity index (χ4v) is 2.02. The van der Waals surface area contributed by atoms with E-state index in [4.69, 9.17) is 0 Å². The van der Waals surface area contributed by atoms with Crippen molar-refractivity contribution in [3.8, 4) is 0 Å². The summed E-state index contributed by atoms with van der Waals surface area (Å²) >= 11 is 0. The summed E-state index contributed by atoms with van der Waals surface area (Å²) in [5.74, 6) is 0.0657. The molecule has 2 aliphatic rings. The zero-order valence-corrected chi connectivity index (χ0v) is 9.38. The van der Waals surface area contributed by atoms with Gasteiger partial charge in [0.25, 0.3) is 0 Å². The van der Waals surface area contributed by atoms with Crippen LogP contribution in [-0.4, -0.2) is 35.8 Å². The third kappa shape index (κ3) is 2.13. The highest BCUT2D eigenvalue weighted by Gasteiger charge is 2.42. The number of hydrogen-bond acceptors (Lipinski definition) is 2. The summed E-state index contributed by atoms with van der Waals surface area (Å²) in [6.45, 7) is 5.08. The Morgan fingerprint density at radius 1 is 1.47 bits per heavy atom. The van der Waals surface area contributed by atoms with Gasteiger partial charge in [0.1, 0.15) is 6.04 Å². The van der Waals surface area contributed by atoms with Crippen LogP contribution in [0, 0.1) is 5.41 Å². The average molecular weight is 210 g/mol. The first-order chi connectivity index (χ1) is 7.04. The summed E-state index contributed by atoms with van der Waals surface area (Å²) in [5.41, 5.74) is 0.283. The van der Waals surface area contributed by atoms with E-state index >= 15 is 0 Å². The van der Waals surface area contributed by atoms with Gasteiger partial charge in [-0.25, -0.2) is 0 Å². The first-order valence-electron chi connectivity index (χ1n) is 5.62. The normalized spacial score (nSPS) is 28.9. The molecule has 0 aromatic rings. The number of amides is 2. The van der Waals surface area contributed by atoms with Gasteiger partial charge in [-0.1, -0.05) is 13.8 Å². The fourth-order valence-electron chi connectivity index (χ4n) is 2.02. The number of nitrogens with zero attached hydrogens (tertiary/aromatic N) is 1. The predicted molar refractivity (Wildman–Crippen MR) is 56.1 cm³/mol. The zero-order valence-electron chi connectivity index (χ0n) is 9.38. The minimum atomic E-state index is -0.298. The van der Waals surface area contributed by atoms with Crippen LogP contribution >= 0.6 is 0 Å². The van der Waals surface area contributed by atoms with Crippen LogP contribution in [-0.2, 0) is 9.59 Å². The maximum absolute atomic E-state index is 11.9. The lowest BCUT2D eigenvalue weighted by molar-refractivity contribution is -0.145. The Morgan fingerprint density at radius 3 is 2.67 bits per heavy atom. The molecule has 1 aliphatic heterocycles. The third-order valence-electron chi connectivity index (χ3n) is 3.36. The second-order valence-electron chi connectivity index (χ2n) is 5.03. The molecular weight excluding hydrogens is 192 g/mol. The van der Waals surface area contributed by atoms with Gasteiger partial charge < -0.3 is 10.2 Å². The molecule has 0 aromatic heterocycles. The summed E-state index contributed by atoms with van der Waals surface area (Å²) in [6, 6.07) is -0.298. The predicted octanol–water partition coefficient (Wildman–Crippen LogP) is 0.523. The van der Waals surface area contributed by atoms with E-state index < -0.39 is 0 Å². The molecule has 1 N–H and O–H groups in total. The van der Waals surface area contributed by atoms with E-state index in [-0.39, 0.29) is 29.8 Å². The fraction of sp³-hybridized carbons (Fsp3) is 0.818. The summed E-state index contributed by atoms with van der Waals surface area (Å²) in [5, 5.41) is 2.72. The van der Waals surface area contributed by atoms with Crippen LogP contribution in [0.3, 0.4) is 0 Å². The molecular formula is C11H18N2O2. The molecule has 0 spiro atoms. The van der Waals surface area contributed by atoms with Gasteiger partial charge >= 0.3 is 0 Å². The Morgan fingerprint density at radius 2 is 2.13 bits per heavy atom. The van der Waals surface area contributed by atoms with Crippen molar-refractivity contribution < 1.29 is 9.59 Å². The number of piperazine rings is 1. The molecule has 1 unspecified atom stereocenters. The van der Waals surface area contributed by atoms with Crippen molar-refractivity contribution in [3.63, 3.8) is 0 Å². The molecule has 1 aliphatic carbocycles. The summed E-state index contributed by atoms with van der Waals surface area (Å²) in [4.78, 5) is 25.0. The molecule has 0 aromatic carbocycles. The van der Waals surface area contributed by atoms with Crippen molar-refractivity contribution in [2.75, 3.05) is 13.1 Å². The van der Waals surface area contributed by atoms with Crippen molar-refractivity contribution in [3.05, 3.63) is 0 Å². The number of nitrogens with one attached hydrogen (secondary N) is 1. The average Bonchev–Trinajstić information content (AvgIpc) is 2.89. The lowest BCUT2D eigenvalue weighted by Gasteiger charge is -2.33.